The number of hydrogen-bond donors (Lipinski definition) is 1. The van der Waals surface area contributed by atoms with E-state index in [9.17, 15) is 13.2 Å². The Morgan fingerprint density at radius 3 is 2.23 bits per heavy atom. The van der Waals surface area contributed by atoms with Crippen molar-refractivity contribution in [3.05, 3.63) is 83.4 Å². The Kier molecular flexibility index (Phi) is 4.90. The maximum absolute atomic E-state index is 11.5. The topological polar surface area (TPSA) is 89.3 Å². The fraction of sp³-hybridized carbons (Fsp3) is 0.158. The number of carbonyl (C=O) groups is 1. The van der Waals surface area contributed by atoms with Crippen LogP contribution in [0.15, 0.2) is 65.8 Å². The molecular weight excluding hydrogens is 352 g/mol. The van der Waals surface area contributed by atoms with Crippen molar-refractivity contribution in [2.75, 3.05) is 6.26 Å². The number of carboxylic acid groups (broad SMARTS) is 1. The molecule has 1 N–H and O–H groups in total. The molecule has 3 aromatic rings. The van der Waals surface area contributed by atoms with E-state index in [1.54, 1.807) is 54.7 Å². The summed E-state index contributed by atoms with van der Waals surface area (Å²) in [6.45, 7) is 0.580. The molecule has 0 saturated heterocycles. The van der Waals surface area contributed by atoms with E-state index in [2.05, 4.69) is 4.98 Å². The highest BCUT2D eigenvalue weighted by Gasteiger charge is 2.09. The highest BCUT2D eigenvalue weighted by Crippen LogP contribution is 2.15. The third-order valence-electron chi connectivity index (χ3n) is 4.07. The Balaban J connectivity index is 1.75. The van der Waals surface area contributed by atoms with Gasteiger partial charge in [-0.25, -0.2) is 18.2 Å². The first-order chi connectivity index (χ1) is 12.3. The highest BCUT2D eigenvalue weighted by molar-refractivity contribution is 7.90. The van der Waals surface area contributed by atoms with Gasteiger partial charge in [-0.3, -0.25) is 0 Å². The second-order valence-electron chi connectivity index (χ2n) is 6.07. The van der Waals surface area contributed by atoms with Gasteiger partial charge in [0.1, 0.15) is 5.82 Å². The molecule has 0 spiro atoms. The molecule has 0 amide bonds. The lowest BCUT2D eigenvalue weighted by Crippen LogP contribution is -2.06. The van der Waals surface area contributed by atoms with Crippen LogP contribution >= 0.6 is 0 Å². The highest BCUT2D eigenvalue weighted by atomic mass is 32.2. The van der Waals surface area contributed by atoms with Gasteiger partial charge in [-0.2, -0.15) is 0 Å². The van der Waals surface area contributed by atoms with Crippen molar-refractivity contribution in [2.24, 2.45) is 0 Å². The minimum Gasteiger partial charge on any atom is -0.478 e. The van der Waals surface area contributed by atoms with Gasteiger partial charge in [0.05, 0.1) is 10.5 Å². The average Bonchev–Trinajstić information content (AvgIpc) is 3.02. The maximum atomic E-state index is 11.5. The van der Waals surface area contributed by atoms with Gasteiger partial charge in [-0.1, -0.05) is 24.3 Å². The summed E-state index contributed by atoms with van der Waals surface area (Å²) in [5.74, 6) is -0.100. The number of imidazole rings is 1. The molecule has 3 rings (SSSR count). The predicted octanol–water partition coefficient (Wildman–Crippen LogP) is 2.62. The number of sulfone groups is 1. The fourth-order valence-electron chi connectivity index (χ4n) is 2.64. The molecule has 0 aliphatic carbocycles. The summed E-state index contributed by atoms with van der Waals surface area (Å²) in [7, 11) is -3.20. The Hall–Kier alpha value is -2.93. The molecule has 0 atom stereocenters. The van der Waals surface area contributed by atoms with Gasteiger partial charge in [0.15, 0.2) is 9.84 Å². The summed E-state index contributed by atoms with van der Waals surface area (Å²) < 4.78 is 25.0. The number of aromatic nitrogens is 2. The van der Waals surface area contributed by atoms with E-state index < -0.39 is 15.8 Å². The second kappa shape index (κ2) is 7.13. The maximum Gasteiger partial charge on any atom is 0.335 e. The quantitative estimate of drug-likeness (QED) is 0.720. The smallest absolute Gasteiger partial charge is 0.335 e. The Morgan fingerprint density at radius 1 is 1.04 bits per heavy atom. The number of nitrogens with zero attached hydrogens (tertiary/aromatic N) is 2. The number of carboxylic acids is 1. The van der Waals surface area contributed by atoms with Crippen molar-refractivity contribution in [2.45, 2.75) is 17.9 Å². The molecule has 134 valence electrons. The molecule has 0 bridgehead atoms. The van der Waals surface area contributed by atoms with Gasteiger partial charge in [0.25, 0.3) is 0 Å². The van der Waals surface area contributed by atoms with E-state index in [-0.39, 0.29) is 5.56 Å². The van der Waals surface area contributed by atoms with Gasteiger partial charge in [0.2, 0.25) is 0 Å². The van der Waals surface area contributed by atoms with Crippen molar-refractivity contribution in [3.8, 4) is 0 Å². The standard InChI is InChI=1S/C19H18N2O4S/c1-26(24,25)17-8-4-14(5-9-17)12-18-20-10-11-21(18)13-15-2-6-16(7-3-15)19(22)23/h2-11H,12-13H2,1H3,(H,22,23). The van der Waals surface area contributed by atoms with E-state index in [0.29, 0.717) is 17.9 Å². The molecule has 2 aromatic carbocycles. The SMILES string of the molecule is CS(=O)(=O)c1ccc(Cc2nccn2Cc2ccc(C(=O)O)cc2)cc1. The molecule has 0 fully saturated rings. The summed E-state index contributed by atoms with van der Waals surface area (Å²) in [5.41, 5.74) is 2.19. The van der Waals surface area contributed by atoms with Crippen LogP contribution in [-0.4, -0.2) is 35.3 Å². The first kappa shape index (κ1) is 17.9. The van der Waals surface area contributed by atoms with E-state index >= 15 is 0 Å². The van der Waals surface area contributed by atoms with Crippen LogP contribution in [0.2, 0.25) is 0 Å². The van der Waals surface area contributed by atoms with Gasteiger partial charge in [-0.05, 0) is 35.4 Å². The van der Waals surface area contributed by atoms with Crippen LogP contribution < -0.4 is 0 Å². The number of rotatable bonds is 6. The summed E-state index contributed by atoms with van der Waals surface area (Å²) >= 11 is 0. The van der Waals surface area contributed by atoms with Gasteiger partial charge < -0.3 is 9.67 Å². The van der Waals surface area contributed by atoms with Crippen LogP contribution in [0.1, 0.15) is 27.3 Å². The van der Waals surface area contributed by atoms with Crippen LogP contribution in [0.4, 0.5) is 0 Å². The first-order valence-electron chi connectivity index (χ1n) is 7.94. The van der Waals surface area contributed by atoms with Gasteiger partial charge in [0, 0.05) is 31.6 Å². The van der Waals surface area contributed by atoms with E-state index in [4.69, 9.17) is 5.11 Å². The Bertz CT molecular complexity index is 1020. The fourth-order valence-corrected chi connectivity index (χ4v) is 3.27. The summed E-state index contributed by atoms with van der Waals surface area (Å²) in [4.78, 5) is 15.6. The third kappa shape index (κ3) is 4.18. The third-order valence-corrected chi connectivity index (χ3v) is 5.20. The summed E-state index contributed by atoms with van der Waals surface area (Å²) in [5, 5.41) is 8.96. The molecule has 26 heavy (non-hydrogen) atoms. The molecule has 0 radical (unpaired) electrons. The molecule has 1 aromatic heterocycles. The lowest BCUT2D eigenvalue weighted by Gasteiger charge is -2.09. The van der Waals surface area contributed by atoms with Crippen LogP contribution in [-0.2, 0) is 22.8 Å². The van der Waals surface area contributed by atoms with Gasteiger partial charge in [-0.15, -0.1) is 0 Å². The van der Waals surface area contributed by atoms with E-state index in [0.717, 1.165) is 17.0 Å². The molecule has 6 nitrogen and oxygen atoms in total. The zero-order valence-corrected chi connectivity index (χ0v) is 15.0. The van der Waals surface area contributed by atoms with Crippen molar-refractivity contribution in [3.63, 3.8) is 0 Å². The second-order valence-corrected chi connectivity index (χ2v) is 8.08. The normalized spacial score (nSPS) is 11.4. The molecular formula is C19H18N2O4S. The lowest BCUT2D eigenvalue weighted by molar-refractivity contribution is 0.0697. The van der Waals surface area contributed by atoms with Crippen molar-refractivity contribution < 1.29 is 18.3 Å². The zero-order chi connectivity index (χ0) is 18.7. The van der Waals surface area contributed by atoms with Crippen LogP contribution in [0.5, 0.6) is 0 Å². The minimum atomic E-state index is -3.20. The summed E-state index contributed by atoms with van der Waals surface area (Å²) in [6, 6.07) is 13.5. The molecule has 0 aliphatic rings. The molecule has 0 unspecified atom stereocenters. The predicted molar refractivity (Wildman–Crippen MR) is 97.1 cm³/mol. The van der Waals surface area contributed by atoms with E-state index in [1.807, 2.05) is 10.8 Å². The summed E-state index contributed by atoms with van der Waals surface area (Å²) in [6.07, 6.45) is 5.34. The van der Waals surface area contributed by atoms with Crippen LogP contribution in [0.3, 0.4) is 0 Å². The first-order valence-corrected chi connectivity index (χ1v) is 9.83. The van der Waals surface area contributed by atoms with Crippen LogP contribution in [0.25, 0.3) is 0 Å². The van der Waals surface area contributed by atoms with Crippen molar-refractivity contribution >= 4 is 15.8 Å². The molecule has 7 heteroatoms. The van der Waals surface area contributed by atoms with Crippen molar-refractivity contribution in [1.82, 2.24) is 9.55 Å². The monoisotopic (exact) mass is 370 g/mol. The van der Waals surface area contributed by atoms with Crippen molar-refractivity contribution in [1.29, 1.82) is 0 Å². The zero-order valence-electron chi connectivity index (χ0n) is 14.2. The largest absolute Gasteiger partial charge is 0.478 e. The molecule has 0 saturated carbocycles. The van der Waals surface area contributed by atoms with E-state index in [1.165, 1.54) is 6.26 Å². The Morgan fingerprint density at radius 2 is 1.65 bits per heavy atom. The minimum absolute atomic E-state index is 0.255. The number of benzene rings is 2. The molecule has 1 heterocycles. The lowest BCUT2D eigenvalue weighted by atomic mass is 10.1. The molecule has 0 aliphatic heterocycles. The number of hydrogen-bond acceptors (Lipinski definition) is 4. The van der Waals surface area contributed by atoms with Crippen LogP contribution in [0, 0.1) is 0 Å². The van der Waals surface area contributed by atoms with Gasteiger partial charge >= 0.3 is 5.97 Å². The Labute approximate surface area is 151 Å². The average molecular weight is 370 g/mol. The number of aromatic carboxylic acids is 1.